The minimum absolute atomic E-state index is 0.137. The van der Waals surface area contributed by atoms with Crippen LogP contribution in [0.3, 0.4) is 0 Å². The van der Waals surface area contributed by atoms with E-state index in [4.69, 9.17) is 14.5 Å². The maximum atomic E-state index is 12.2. The number of ether oxygens (including phenoxy) is 1. The van der Waals surface area contributed by atoms with Crippen molar-refractivity contribution in [1.29, 1.82) is 0 Å². The van der Waals surface area contributed by atoms with Gasteiger partial charge in [-0.25, -0.2) is 4.79 Å². The fraction of sp³-hybridized carbons (Fsp3) is 0.632. The molecule has 24 heavy (non-hydrogen) atoms. The van der Waals surface area contributed by atoms with E-state index in [9.17, 15) is 9.90 Å². The highest BCUT2D eigenvalue weighted by molar-refractivity contribution is 5.90. The highest BCUT2D eigenvalue weighted by Gasteiger charge is 2.17. The van der Waals surface area contributed by atoms with Crippen LogP contribution in [0.2, 0.25) is 0 Å². The van der Waals surface area contributed by atoms with Crippen molar-refractivity contribution in [3.05, 3.63) is 29.3 Å². The number of aromatic hydroxyl groups is 1. The number of carbonyl (C=O) groups is 1. The van der Waals surface area contributed by atoms with Crippen molar-refractivity contribution >= 4 is 5.97 Å². The Morgan fingerprint density at radius 2 is 1.92 bits per heavy atom. The first-order chi connectivity index (χ1) is 11.6. The topological polar surface area (TPSA) is 65.0 Å². The van der Waals surface area contributed by atoms with E-state index in [-0.39, 0.29) is 5.75 Å². The molecular formula is C19H30O5. The minimum atomic E-state index is -0.563. The van der Waals surface area contributed by atoms with E-state index in [0.717, 1.165) is 24.8 Å². The fourth-order valence-electron chi connectivity index (χ4n) is 2.35. The molecule has 0 aromatic heterocycles. The summed E-state index contributed by atoms with van der Waals surface area (Å²) in [6.07, 6.45) is 6.06. The van der Waals surface area contributed by atoms with Crippen LogP contribution in [-0.4, -0.2) is 24.0 Å². The third-order valence-corrected chi connectivity index (χ3v) is 3.69. The van der Waals surface area contributed by atoms with E-state index in [1.54, 1.807) is 12.1 Å². The van der Waals surface area contributed by atoms with Gasteiger partial charge in [0.05, 0.1) is 5.56 Å². The molecule has 1 unspecified atom stereocenters. The third-order valence-electron chi connectivity index (χ3n) is 3.69. The second-order valence-electron chi connectivity index (χ2n) is 5.83. The number of hydrogen-bond donors (Lipinski definition) is 1. The van der Waals surface area contributed by atoms with Crippen LogP contribution < -0.4 is 0 Å². The Morgan fingerprint density at radius 3 is 2.58 bits per heavy atom. The Labute approximate surface area is 144 Å². The molecule has 0 aliphatic carbocycles. The van der Waals surface area contributed by atoms with E-state index in [1.165, 1.54) is 18.9 Å². The Hall–Kier alpha value is -1.59. The summed E-state index contributed by atoms with van der Waals surface area (Å²) in [6.45, 7) is 6.67. The third kappa shape index (κ3) is 7.32. The minimum Gasteiger partial charge on any atom is -0.508 e. The van der Waals surface area contributed by atoms with Crippen molar-refractivity contribution in [2.24, 2.45) is 0 Å². The molecule has 0 heterocycles. The van der Waals surface area contributed by atoms with Crippen LogP contribution in [0.4, 0.5) is 0 Å². The van der Waals surface area contributed by atoms with Crippen LogP contribution in [0.1, 0.15) is 75.2 Å². The summed E-state index contributed by atoms with van der Waals surface area (Å²) in [5.74, 6) is -0.427. The Bertz CT molecular complexity index is 487. The van der Waals surface area contributed by atoms with Crippen LogP contribution in [-0.2, 0) is 20.9 Å². The van der Waals surface area contributed by atoms with Crippen LogP contribution in [0.25, 0.3) is 0 Å². The van der Waals surface area contributed by atoms with Gasteiger partial charge in [-0.05, 0) is 43.0 Å². The molecule has 0 aliphatic rings. The molecule has 1 aromatic rings. The van der Waals surface area contributed by atoms with E-state index in [1.807, 2.05) is 13.8 Å². The number of aryl methyl sites for hydroxylation is 1. The monoisotopic (exact) mass is 338 g/mol. The van der Waals surface area contributed by atoms with Gasteiger partial charge in [-0.15, -0.1) is 0 Å². The summed E-state index contributed by atoms with van der Waals surface area (Å²) in [5, 5.41) is 9.56. The summed E-state index contributed by atoms with van der Waals surface area (Å²) in [4.78, 5) is 22.3. The van der Waals surface area contributed by atoms with Crippen molar-refractivity contribution in [3.8, 4) is 5.75 Å². The molecule has 0 radical (unpaired) electrons. The molecule has 5 heteroatoms. The number of unbranched alkanes of at least 4 members (excludes halogenated alkanes) is 3. The molecule has 0 spiro atoms. The highest BCUT2D eigenvalue weighted by Crippen LogP contribution is 2.19. The van der Waals surface area contributed by atoms with E-state index in [2.05, 4.69) is 6.92 Å². The van der Waals surface area contributed by atoms with Gasteiger partial charge in [0.25, 0.3) is 0 Å². The molecule has 1 rings (SSSR count). The SMILES string of the molecule is CCCCCCOC(CC)OOC(=O)c1ccc(O)cc1CCC. The number of hydrogen-bond acceptors (Lipinski definition) is 5. The van der Waals surface area contributed by atoms with Crippen molar-refractivity contribution in [2.75, 3.05) is 6.61 Å². The zero-order chi connectivity index (χ0) is 17.8. The molecule has 5 nitrogen and oxygen atoms in total. The number of phenols is 1. The lowest BCUT2D eigenvalue weighted by atomic mass is 10.0. The predicted octanol–water partition coefficient (Wildman–Crippen LogP) is 4.77. The van der Waals surface area contributed by atoms with Gasteiger partial charge in [0.2, 0.25) is 6.29 Å². The van der Waals surface area contributed by atoms with Crippen molar-refractivity contribution in [3.63, 3.8) is 0 Å². The van der Waals surface area contributed by atoms with Gasteiger partial charge in [0, 0.05) is 6.61 Å². The molecule has 1 aromatic carbocycles. The smallest absolute Gasteiger partial charge is 0.373 e. The summed E-state index contributed by atoms with van der Waals surface area (Å²) in [7, 11) is 0. The van der Waals surface area contributed by atoms with Gasteiger partial charge >= 0.3 is 5.97 Å². The zero-order valence-electron chi connectivity index (χ0n) is 15.0. The van der Waals surface area contributed by atoms with Gasteiger partial charge in [-0.3, -0.25) is 4.89 Å². The largest absolute Gasteiger partial charge is 0.508 e. The van der Waals surface area contributed by atoms with Crippen molar-refractivity contribution < 1.29 is 24.4 Å². The Morgan fingerprint density at radius 1 is 1.12 bits per heavy atom. The van der Waals surface area contributed by atoms with E-state index in [0.29, 0.717) is 25.0 Å². The first-order valence-electron chi connectivity index (χ1n) is 8.93. The number of rotatable bonds is 12. The van der Waals surface area contributed by atoms with Gasteiger partial charge < -0.3 is 9.84 Å². The van der Waals surface area contributed by atoms with Crippen LogP contribution in [0.5, 0.6) is 5.75 Å². The van der Waals surface area contributed by atoms with Gasteiger partial charge in [0.15, 0.2) is 0 Å². The molecular weight excluding hydrogens is 308 g/mol. The molecule has 0 bridgehead atoms. The van der Waals surface area contributed by atoms with Crippen LogP contribution in [0, 0.1) is 0 Å². The van der Waals surface area contributed by atoms with Crippen molar-refractivity contribution in [2.45, 2.75) is 72.0 Å². The Kier molecular flexibility index (Phi) is 10.1. The number of phenolic OH excluding ortho intramolecular Hbond substituents is 1. The summed E-state index contributed by atoms with van der Waals surface area (Å²) >= 11 is 0. The van der Waals surface area contributed by atoms with Gasteiger partial charge in [0.1, 0.15) is 5.75 Å². The molecule has 1 N–H and O–H groups in total. The normalized spacial score (nSPS) is 12.1. The van der Waals surface area contributed by atoms with Gasteiger partial charge in [-0.2, -0.15) is 4.89 Å². The maximum Gasteiger partial charge on any atom is 0.373 e. The lowest BCUT2D eigenvalue weighted by molar-refractivity contribution is -0.339. The van der Waals surface area contributed by atoms with Crippen LogP contribution >= 0.6 is 0 Å². The predicted molar refractivity (Wildman–Crippen MR) is 92.8 cm³/mol. The van der Waals surface area contributed by atoms with Gasteiger partial charge in [-0.1, -0.05) is 46.5 Å². The molecule has 1 atom stereocenters. The Balaban J connectivity index is 2.48. The number of carbonyl (C=O) groups excluding carboxylic acids is 1. The first kappa shape index (κ1) is 20.5. The maximum absolute atomic E-state index is 12.2. The highest BCUT2D eigenvalue weighted by atomic mass is 17.2. The molecule has 0 saturated carbocycles. The molecule has 0 aliphatic heterocycles. The number of benzene rings is 1. The summed E-state index contributed by atoms with van der Waals surface area (Å²) < 4.78 is 5.58. The van der Waals surface area contributed by atoms with E-state index < -0.39 is 12.3 Å². The summed E-state index contributed by atoms with van der Waals surface area (Å²) in [5.41, 5.74) is 1.16. The molecule has 0 saturated heterocycles. The van der Waals surface area contributed by atoms with Crippen LogP contribution in [0.15, 0.2) is 18.2 Å². The standard InChI is InChI=1S/C19H30O5/c1-4-7-8-9-13-22-18(6-3)23-24-19(21)17-12-11-16(20)14-15(17)10-5-2/h11-12,14,18,20H,4-10,13H2,1-3H3. The fourth-order valence-corrected chi connectivity index (χ4v) is 2.35. The second-order valence-corrected chi connectivity index (χ2v) is 5.83. The second kappa shape index (κ2) is 11.9. The average molecular weight is 338 g/mol. The van der Waals surface area contributed by atoms with Crippen molar-refractivity contribution in [1.82, 2.24) is 0 Å². The molecule has 0 fully saturated rings. The van der Waals surface area contributed by atoms with E-state index >= 15 is 0 Å². The lowest BCUT2D eigenvalue weighted by Gasteiger charge is -2.15. The lowest BCUT2D eigenvalue weighted by Crippen LogP contribution is -2.20. The zero-order valence-corrected chi connectivity index (χ0v) is 15.0. The molecule has 0 amide bonds. The molecule has 136 valence electrons. The average Bonchev–Trinajstić information content (AvgIpc) is 2.57. The first-order valence-corrected chi connectivity index (χ1v) is 8.93. The summed E-state index contributed by atoms with van der Waals surface area (Å²) in [6, 6.07) is 4.61. The quantitative estimate of drug-likeness (QED) is 0.257.